The molecule has 1 amide bonds. The molecule has 1 saturated heterocycles. The van der Waals surface area contributed by atoms with Crippen molar-refractivity contribution in [3.05, 3.63) is 54.5 Å². The molecule has 7 heteroatoms. The van der Waals surface area contributed by atoms with Crippen molar-refractivity contribution >= 4 is 17.3 Å². The molecule has 27 heavy (non-hydrogen) atoms. The van der Waals surface area contributed by atoms with Crippen LogP contribution in [0.3, 0.4) is 0 Å². The molecule has 0 unspecified atom stereocenters. The van der Waals surface area contributed by atoms with E-state index < -0.39 is 0 Å². The van der Waals surface area contributed by atoms with Crippen molar-refractivity contribution in [3.8, 4) is 0 Å². The number of Topliss-reactive ketones (excluding diaryl/α,β-unsaturated/α-hetero) is 1. The highest BCUT2D eigenvalue weighted by molar-refractivity contribution is 5.95. The van der Waals surface area contributed by atoms with Crippen molar-refractivity contribution in [2.24, 2.45) is 13.0 Å². The largest absolute Gasteiger partial charge is 0.342 e. The molecule has 0 aromatic carbocycles. The van der Waals surface area contributed by atoms with Crippen LogP contribution in [0, 0.1) is 5.92 Å². The maximum Gasteiger partial charge on any atom is 0.222 e. The second-order valence-electron chi connectivity index (χ2n) is 7.10. The predicted molar refractivity (Wildman–Crippen MR) is 100 cm³/mol. The molecule has 3 aromatic rings. The number of rotatable bonds is 5. The monoisotopic (exact) mass is 365 g/mol. The van der Waals surface area contributed by atoms with Crippen molar-refractivity contribution in [1.29, 1.82) is 0 Å². The van der Waals surface area contributed by atoms with E-state index in [1.54, 1.807) is 17.0 Å². The van der Waals surface area contributed by atoms with Gasteiger partial charge in [0.2, 0.25) is 11.7 Å². The van der Waals surface area contributed by atoms with Crippen LogP contribution in [0.15, 0.2) is 43.0 Å². The minimum absolute atomic E-state index is 0.0281. The van der Waals surface area contributed by atoms with Crippen LogP contribution >= 0.6 is 0 Å². The highest BCUT2D eigenvalue weighted by Gasteiger charge is 2.30. The van der Waals surface area contributed by atoms with Gasteiger partial charge in [0.05, 0.1) is 5.69 Å². The third-order valence-corrected chi connectivity index (χ3v) is 5.20. The van der Waals surface area contributed by atoms with E-state index in [0.717, 1.165) is 24.2 Å². The van der Waals surface area contributed by atoms with Crippen LogP contribution in [0.5, 0.6) is 0 Å². The Hall–Kier alpha value is -2.96. The van der Waals surface area contributed by atoms with Gasteiger partial charge in [0.15, 0.2) is 5.82 Å². The summed E-state index contributed by atoms with van der Waals surface area (Å²) in [6, 6.07) is 5.85. The number of ketones is 1. The summed E-state index contributed by atoms with van der Waals surface area (Å²) in [5, 5.41) is 0. The fraction of sp³-hybridized carbons (Fsp3) is 0.400. The number of nitrogens with zero attached hydrogens (tertiary/aromatic N) is 5. The Morgan fingerprint density at radius 1 is 1.26 bits per heavy atom. The Labute approximate surface area is 157 Å². The second kappa shape index (κ2) is 7.34. The number of carbonyl (C=O) groups is 2. The molecule has 4 rings (SSSR count). The number of aromatic nitrogens is 4. The zero-order valence-electron chi connectivity index (χ0n) is 15.4. The first-order chi connectivity index (χ1) is 13.1. The molecule has 7 nitrogen and oxygen atoms in total. The van der Waals surface area contributed by atoms with Crippen LogP contribution in [0.2, 0.25) is 0 Å². The molecular formula is C20H23N5O2. The summed E-state index contributed by atoms with van der Waals surface area (Å²) in [6.07, 6.45) is 9.99. The lowest BCUT2D eigenvalue weighted by Crippen LogP contribution is -2.42. The molecule has 140 valence electrons. The molecule has 0 saturated carbocycles. The van der Waals surface area contributed by atoms with Gasteiger partial charge in [-0.1, -0.05) is 6.07 Å². The molecule has 0 aliphatic carbocycles. The molecule has 1 aliphatic rings. The summed E-state index contributed by atoms with van der Waals surface area (Å²) in [5.41, 5.74) is 1.80. The topological polar surface area (TPSA) is 72.5 Å². The number of carbonyl (C=O) groups excluding carboxylic acids is 2. The molecule has 1 atom stereocenters. The van der Waals surface area contributed by atoms with E-state index in [4.69, 9.17) is 0 Å². The van der Waals surface area contributed by atoms with Crippen molar-refractivity contribution in [1.82, 2.24) is 23.8 Å². The summed E-state index contributed by atoms with van der Waals surface area (Å²) >= 11 is 0. The van der Waals surface area contributed by atoms with Crippen molar-refractivity contribution in [2.75, 3.05) is 13.1 Å². The van der Waals surface area contributed by atoms with Crippen LogP contribution in [0.4, 0.5) is 0 Å². The maximum absolute atomic E-state index is 12.7. The molecular weight excluding hydrogens is 342 g/mol. The number of pyridine rings is 1. The summed E-state index contributed by atoms with van der Waals surface area (Å²) < 4.78 is 3.70. The van der Waals surface area contributed by atoms with Crippen LogP contribution < -0.4 is 0 Å². The van der Waals surface area contributed by atoms with Gasteiger partial charge in [0, 0.05) is 57.3 Å². The van der Waals surface area contributed by atoms with E-state index in [0.29, 0.717) is 31.8 Å². The predicted octanol–water partition coefficient (Wildman–Crippen LogP) is 2.12. The molecule has 1 fully saturated rings. The van der Waals surface area contributed by atoms with Crippen molar-refractivity contribution in [3.63, 3.8) is 0 Å². The van der Waals surface area contributed by atoms with Gasteiger partial charge in [-0.25, -0.2) is 9.97 Å². The molecule has 0 bridgehead atoms. The maximum atomic E-state index is 12.7. The van der Waals surface area contributed by atoms with Crippen LogP contribution in [-0.4, -0.2) is 48.6 Å². The number of imidazole rings is 2. The fourth-order valence-electron chi connectivity index (χ4n) is 3.70. The number of fused-ring (bicyclic) bond motifs is 1. The minimum atomic E-state index is -0.168. The Bertz CT molecular complexity index is 941. The first-order valence-electron chi connectivity index (χ1n) is 9.34. The molecule has 3 aromatic heterocycles. The molecule has 0 N–H and O–H groups in total. The van der Waals surface area contributed by atoms with Gasteiger partial charge in [-0.3, -0.25) is 9.59 Å². The quantitative estimate of drug-likeness (QED) is 0.649. The van der Waals surface area contributed by atoms with Gasteiger partial charge in [-0.15, -0.1) is 0 Å². The Morgan fingerprint density at radius 2 is 2.15 bits per heavy atom. The normalized spacial score (nSPS) is 17.4. The van der Waals surface area contributed by atoms with E-state index in [1.807, 2.05) is 46.9 Å². The van der Waals surface area contributed by atoms with E-state index >= 15 is 0 Å². The summed E-state index contributed by atoms with van der Waals surface area (Å²) in [7, 11) is 1.82. The Balaban J connectivity index is 1.37. The van der Waals surface area contributed by atoms with E-state index in [1.165, 1.54) is 0 Å². The molecule has 4 heterocycles. The summed E-state index contributed by atoms with van der Waals surface area (Å²) in [5.74, 6) is 0.419. The smallest absolute Gasteiger partial charge is 0.222 e. The number of likely N-dealkylation sites (tertiary alicyclic amines) is 1. The number of hydrogen-bond acceptors (Lipinski definition) is 4. The Kier molecular flexibility index (Phi) is 4.75. The van der Waals surface area contributed by atoms with Gasteiger partial charge < -0.3 is 13.9 Å². The highest BCUT2D eigenvalue weighted by atomic mass is 16.2. The molecule has 0 radical (unpaired) electrons. The Morgan fingerprint density at radius 3 is 2.93 bits per heavy atom. The zero-order valence-corrected chi connectivity index (χ0v) is 15.4. The van der Waals surface area contributed by atoms with Gasteiger partial charge in [0.25, 0.3) is 0 Å². The summed E-state index contributed by atoms with van der Waals surface area (Å²) in [4.78, 5) is 35.9. The van der Waals surface area contributed by atoms with Gasteiger partial charge >= 0.3 is 0 Å². The number of amides is 1. The fourth-order valence-corrected chi connectivity index (χ4v) is 3.70. The van der Waals surface area contributed by atoms with E-state index in [2.05, 4.69) is 9.97 Å². The lowest BCUT2D eigenvalue weighted by molar-refractivity contribution is -0.132. The van der Waals surface area contributed by atoms with Gasteiger partial charge in [-0.05, 0) is 31.4 Å². The average molecular weight is 365 g/mol. The SMILES string of the molecule is Cn1ccnc1C(=O)[C@@H]1CCCN(C(=O)CCc2cn3ccccc3n2)C1. The second-order valence-corrected chi connectivity index (χ2v) is 7.10. The third-order valence-electron chi connectivity index (χ3n) is 5.20. The summed E-state index contributed by atoms with van der Waals surface area (Å²) in [6.45, 7) is 1.20. The van der Waals surface area contributed by atoms with Crippen molar-refractivity contribution in [2.45, 2.75) is 25.7 Å². The van der Waals surface area contributed by atoms with E-state index in [-0.39, 0.29) is 17.6 Å². The average Bonchev–Trinajstić information content (AvgIpc) is 3.31. The van der Waals surface area contributed by atoms with Gasteiger partial charge in [0.1, 0.15) is 5.65 Å². The van der Waals surface area contributed by atoms with Crippen LogP contribution in [0.1, 0.15) is 35.6 Å². The van der Waals surface area contributed by atoms with E-state index in [9.17, 15) is 9.59 Å². The third kappa shape index (κ3) is 3.63. The van der Waals surface area contributed by atoms with Crippen molar-refractivity contribution < 1.29 is 9.59 Å². The molecule has 1 aliphatic heterocycles. The van der Waals surface area contributed by atoms with Crippen LogP contribution in [0.25, 0.3) is 5.65 Å². The highest BCUT2D eigenvalue weighted by Crippen LogP contribution is 2.21. The number of hydrogen-bond donors (Lipinski definition) is 0. The first-order valence-corrected chi connectivity index (χ1v) is 9.34. The van der Waals surface area contributed by atoms with Crippen LogP contribution in [-0.2, 0) is 18.3 Å². The number of aryl methyl sites for hydroxylation is 2. The first kappa shape index (κ1) is 17.5. The number of piperidine rings is 1. The lowest BCUT2D eigenvalue weighted by Gasteiger charge is -2.32. The minimum Gasteiger partial charge on any atom is -0.342 e. The zero-order chi connectivity index (χ0) is 18.8. The lowest BCUT2D eigenvalue weighted by atomic mass is 9.93. The molecule has 0 spiro atoms. The van der Waals surface area contributed by atoms with Gasteiger partial charge in [-0.2, -0.15) is 0 Å². The standard InChI is InChI=1S/C20H23N5O2/c1-23-12-9-21-20(23)19(27)15-5-4-11-25(13-15)18(26)8-7-16-14-24-10-3-2-6-17(24)22-16/h2-3,6,9-10,12,14-15H,4-5,7-8,11,13H2,1H3/t15-/m1/s1.